The van der Waals surface area contributed by atoms with E-state index in [0.717, 1.165) is 25.6 Å². The maximum atomic E-state index is 9.08. The molecule has 0 radical (unpaired) electrons. The number of aliphatic hydroxyl groups is 1. The topological polar surface area (TPSA) is 38.7 Å². The molecule has 0 amide bonds. The van der Waals surface area contributed by atoms with Crippen LogP contribution in [0.25, 0.3) is 0 Å². The van der Waals surface area contributed by atoms with Gasteiger partial charge in [0.25, 0.3) is 0 Å². The van der Waals surface area contributed by atoms with Crippen LogP contribution in [-0.4, -0.2) is 74.4 Å². The number of rotatable bonds is 7. The van der Waals surface area contributed by atoms with Crippen molar-refractivity contribution in [2.24, 2.45) is 0 Å². The van der Waals surface area contributed by atoms with Crippen molar-refractivity contribution in [3.63, 3.8) is 0 Å². The molecule has 0 aromatic rings. The lowest BCUT2D eigenvalue weighted by molar-refractivity contribution is 0.195. The highest BCUT2D eigenvalue weighted by Gasteiger charge is 2.21. The normalized spacial score (nSPS) is 24.2. The summed E-state index contributed by atoms with van der Waals surface area (Å²) in [7, 11) is 6.30. The first-order valence-corrected chi connectivity index (χ1v) is 6.34. The quantitative estimate of drug-likeness (QED) is 0.644. The Morgan fingerprint density at radius 2 is 2.31 bits per heavy atom. The molecule has 96 valence electrons. The van der Waals surface area contributed by atoms with E-state index in [0.29, 0.717) is 0 Å². The van der Waals surface area contributed by atoms with Crippen molar-refractivity contribution in [3.05, 3.63) is 0 Å². The van der Waals surface area contributed by atoms with Crippen molar-refractivity contribution in [1.82, 2.24) is 15.1 Å². The summed E-state index contributed by atoms with van der Waals surface area (Å²) < 4.78 is 0. The summed E-state index contributed by atoms with van der Waals surface area (Å²) in [5.74, 6) is 0. The summed E-state index contributed by atoms with van der Waals surface area (Å²) in [6.45, 7) is 3.68. The number of nitrogens with one attached hydrogen (secondary N) is 1. The molecule has 1 rings (SSSR count). The second kappa shape index (κ2) is 7.22. The first-order chi connectivity index (χ1) is 7.67. The Bertz CT molecular complexity index is 185. The molecule has 1 aliphatic heterocycles. The molecule has 0 aromatic carbocycles. The third kappa shape index (κ3) is 4.37. The molecule has 1 fully saturated rings. The van der Waals surface area contributed by atoms with Crippen LogP contribution in [0, 0.1) is 0 Å². The van der Waals surface area contributed by atoms with E-state index in [1.54, 1.807) is 0 Å². The zero-order valence-corrected chi connectivity index (χ0v) is 10.9. The Hall–Kier alpha value is -0.160. The van der Waals surface area contributed by atoms with Gasteiger partial charge in [0, 0.05) is 18.6 Å². The number of hydrogen-bond donors (Lipinski definition) is 2. The maximum Gasteiger partial charge on any atom is 0.0585 e. The lowest BCUT2D eigenvalue weighted by Gasteiger charge is -2.26. The molecule has 1 heterocycles. The van der Waals surface area contributed by atoms with Crippen LogP contribution in [0.4, 0.5) is 0 Å². The first kappa shape index (κ1) is 13.9. The summed E-state index contributed by atoms with van der Waals surface area (Å²) in [6.07, 6.45) is 3.68. The van der Waals surface area contributed by atoms with E-state index in [-0.39, 0.29) is 12.6 Å². The number of hydrogen-bond acceptors (Lipinski definition) is 4. The van der Waals surface area contributed by atoms with Gasteiger partial charge in [-0.25, -0.2) is 0 Å². The van der Waals surface area contributed by atoms with Crippen LogP contribution in [0.5, 0.6) is 0 Å². The lowest BCUT2D eigenvalue weighted by atomic mass is 10.2. The molecular formula is C12H27N3O. The van der Waals surface area contributed by atoms with Gasteiger partial charge in [-0.05, 0) is 53.5 Å². The largest absolute Gasteiger partial charge is 0.395 e. The first-order valence-electron chi connectivity index (χ1n) is 6.34. The predicted octanol–water partition coefficient (Wildman–Crippen LogP) is -0.0172. The summed E-state index contributed by atoms with van der Waals surface area (Å²) in [4.78, 5) is 4.84. The lowest BCUT2D eigenvalue weighted by Crippen LogP contribution is -2.39. The number of nitrogens with zero attached hydrogens (tertiary/aromatic N) is 2. The van der Waals surface area contributed by atoms with Crippen molar-refractivity contribution in [3.8, 4) is 0 Å². The van der Waals surface area contributed by atoms with E-state index in [1.165, 1.54) is 19.4 Å². The fraction of sp³-hybridized carbons (Fsp3) is 1.00. The highest BCUT2D eigenvalue weighted by atomic mass is 16.3. The van der Waals surface area contributed by atoms with Crippen LogP contribution in [0.2, 0.25) is 0 Å². The van der Waals surface area contributed by atoms with Gasteiger partial charge in [0.1, 0.15) is 0 Å². The second-order valence-corrected chi connectivity index (χ2v) is 5.00. The second-order valence-electron chi connectivity index (χ2n) is 5.00. The van der Waals surface area contributed by atoms with E-state index in [1.807, 2.05) is 7.05 Å². The van der Waals surface area contributed by atoms with Crippen molar-refractivity contribution >= 4 is 0 Å². The molecule has 2 unspecified atom stereocenters. The molecule has 16 heavy (non-hydrogen) atoms. The molecule has 2 atom stereocenters. The molecule has 2 N–H and O–H groups in total. The molecule has 1 saturated heterocycles. The van der Waals surface area contributed by atoms with Crippen LogP contribution >= 0.6 is 0 Å². The van der Waals surface area contributed by atoms with Gasteiger partial charge in [0.2, 0.25) is 0 Å². The molecule has 0 bridgehead atoms. The van der Waals surface area contributed by atoms with E-state index < -0.39 is 0 Å². The fourth-order valence-corrected chi connectivity index (χ4v) is 2.36. The molecule has 0 aromatic heterocycles. The van der Waals surface area contributed by atoms with E-state index in [4.69, 9.17) is 5.11 Å². The Kier molecular flexibility index (Phi) is 6.28. The zero-order chi connectivity index (χ0) is 12.0. The van der Waals surface area contributed by atoms with Gasteiger partial charge in [0.15, 0.2) is 0 Å². The summed E-state index contributed by atoms with van der Waals surface area (Å²) in [5, 5.41) is 12.2. The Labute approximate surface area is 99.6 Å². The Morgan fingerprint density at radius 1 is 1.56 bits per heavy atom. The van der Waals surface area contributed by atoms with E-state index in [9.17, 15) is 0 Å². The molecule has 0 spiro atoms. The monoisotopic (exact) mass is 229 g/mol. The summed E-state index contributed by atoms with van der Waals surface area (Å²) in [6, 6.07) is 0.968. The average Bonchev–Trinajstić information content (AvgIpc) is 2.66. The van der Waals surface area contributed by atoms with Gasteiger partial charge in [0.05, 0.1) is 6.61 Å². The Morgan fingerprint density at radius 3 is 2.81 bits per heavy atom. The van der Waals surface area contributed by atoms with E-state index in [2.05, 4.69) is 29.2 Å². The third-order valence-electron chi connectivity index (χ3n) is 3.68. The minimum Gasteiger partial charge on any atom is -0.395 e. The van der Waals surface area contributed by atoms with E-state index >= 15 is 0 Å². The minimum absolute atomic E-state index is 0.230. The van der Waals surface area contributed by atoms with Crippen molar-refractivity contribution in [2.75, 3.05) is 47.4 Å². The molecule has 1 aliphatic rings. The third-order valence-corrected chi connectivity index (χ3v) is 3.68. The predicted molar refractivity (Wildman–Crippen MR) is 67.7 cm³/mol. The fourth-order valence-electron chi connectivity index (χ4n) is 2.36. The highest BCUT2D eigenvalue weighted by Crippen LogP contribution is 2.15. The number of likely N-dealkylation sites (N-methyl/N-ethyl adjacent to an activating group) is 3. The number of aliphatic hydroxyl groups excluding tert-OH is 1. The SMILES string of the molecule is CNC(CO)CCN(C)CC1CCCN1C. The standard InChI is InChI=1S/C12H27N3O/c1-13-11(10-16)6-8-14(2)9-12-5-4-7-15(12)3/h11-13,16H,4-10H2,1-3H3. The molecule has 4 heteroatoms. The molecular weight excluding hydrogens is 202 g/mol. The maximum absolute atomic E-state index is 9.08. The Balaban J connectivity index is 2.17. The van der Waals surface area contributed by atoms with Crippen LogP contribution in [0.1, 0.15) is 19.3 Å². The molecule has 0 saturated carbocycles. The zero-order valence-electron chi connectivity index (χ0n) is 10.9. The smallest absolute Gasteiger partial charge is 0.0585 e. The number of likely N-dealkylation sites (tertiary alicyclic amines) is 1. The van der Waals surface area contributed by atoms with Gasteiger partial charge in [-0.3, -0.25) is 0 Å². The van der Waals surface area contributed by atoms with Crippen LogP contribution < -0.4 is 5.32 Å². The van der Waals surface area contributed by atoms with Gasteiger partial charge in [-0.15, -0.1) is 0 Å². The highest BCUT2D eigenvalue weighted by molar-refractivity contribution is 4.79. The van der Waals surface area contributed by atoms with Crippen molar-refractivity contribution in [2.45, 2.75) is 31.3 Å². The van der Waals surface area contributed by atoms with Crippen LogP contribution in [0.3, 0.4) is 0 Å². The summed E-state index contributed by atoms with van der Waals surface area (Å²) >= 11 is 0. The molecule has 4 nitrogen and oxygen atoms in total. The van der Waals surface area contributed by atoms with Gasteiger partial charge in [-0.1, -0.05) is 0 Å². The van der Waals surface area contributed by atoms with Crippen molar-refractivity contribution in [1.29, 1.82) is 0 Å². The van der Waals surface area contributed by atoms with Gasteiger partial charge >= 0.3 is 0 Å². The van der Waals surface area contributed by atoms with Crippen molar-refractivity contribution < 1.29 is 5.11 Å². The van der Waals surface area contributed by atoms with Crippen LogP contribution in [0.15, 0.2) is 0 Å². The average molecular weight is 229 g/mol. The van der Waals surface area contributed by atoms with Gasteiger partial charge in [-0.2, -0.15) is 0 Å². The molecule has 0 aliphatic carbocycles. The van der Waals surface area contributed by atoms with Gasteiger partial charge < -0.3 is 20.2 Å². The minimum atomic E-state index is 0.230. The van der Waals surface area contributed by atoms with Crippen LogP contribution in [-0.2, 0) is 0 Å². The summed E-state index contributed by atoms with van der Waals surface area (Å²) in [5.41, 5.74) is 0.